The van der Waals surface area contributed by atoms with Gasteiger partial charge in [0.15, 0.2) is 12.0 Å². The molecule has 6 N–H and O–H groups in total. The second-order valence-corrected chi connectivity index (χ2v) is 10.2. The van der Waals surface area contributed by atoms with Crippen molar-refractivity contribution in [1.82, 2.24) is 9.55 Å². The SMILES string of the molecule is [N-]=[N+]=N[C@@]1(COP(=O)(O)OP(=O)(O)OP(=O)(O)O)C[C@H](F)[C@H](n2ccc(N)nc2=O)O1. The van der Waals surface area contributed by atoms with E-state index in [9.17, 15) is 27.8 Å². The molecule has 2 heterocycles. The van der Waals surface area contributed by atoms with Gasteiger partial charge in [-0.2, -0.15) is 13.6 Å². The number of phosphoric acid groups is 3. The average molecular weight is 510 g/mol. The second kappa shape index (κ2) is 9.03. The molecule has 0 bridgehead atoms. The standard InChI is InChI=1S/C9H14FN6O12P3/c10-5-3-9(14-15-12,26-7(5)16-2-1-6(11)13-8(16)17)4-25-30(21,22)28-31(23,24)27-29(18,19)20/h1-2,5,7H,3-4H2,(H,21,22)(H,23,24)(H2,11,13,17)(H2,18,19,20)/t5-,7+,9-/m0/s1. The van der Waals surface area contributed by atoms with E-state index in [1.807, 2.05) is 0 Å². The quantitative estimate of drug-likeness (QED) is 0.130. The molecule has 0 amide bonds. The fraction of sp³-hybridized carbons (Fsp3) is 0.556. The molecule has 1 fully saturated rings. The van der Waals surface area contributed by atoms with Crippen molar-refractivity contribution < 1.29 is 55.5 Å². The van der Waals surface area contributed by atoms with Gasteiger partial charge in [-0.3, -0.25) is 9.09 Å². The summed E-state index contributed by atoms with van der Waals surface area (Å²) in [5.74, 6) is -0.177. The summed E-state index contributed by atoms with van der Waals surface area (Å²) in [5, 5.41) is 3.15. The van der Waals surface area contributed by atoms with E-state index in [1.54, 1.807) is 0 Å². The molecular weight excluding hydrogens is 496 g/mol. The van der Waals surface area contributed by atoms with Crippen molar-refractivity contribution in [2.45, 2.75) is 24.5 Å². The minimum absolute atomic E-state index is 0.177. The highest BCUT2D eigenvalue weighted by Gasteiger charge is 2.50. The molecule has 0 aromatic carbocycles. The molecule has 174 valence electrons. The van der Waals surface area contributed by atoms with Gasteiger partial charge in [-0.25, -0.2) is 22.9 Å². The lowest BCUT2D eigenvalue weighted by Gasteiger charge is -2.25. The van der Waals surface area contributed by atoms with Gasteiger partial charge in [0.05, 0.1) is 6.61 Å². The van der Waals surface area contributed by atoms with Crippen molar-refractivity contribution >= 4 is 29.3 Å². The molecule has 1 aromatic heterocycles. The Morgan fingerprint density at radius 3 is 2.55 bits per heavy atom. The summed E-state index contributed by atoms with van der Waals surface area (Å²) < 4.78 is 65.5. The maximum absolute atomic E-state index is 14.5. The van der Waals surface area contributed by atoms with Gasteiger partial charge in [0.25, 0.3) is 0 Å². The molecule has 31 heavy (non-hydrogen) atoms. The molecule has 0 saturated carbocycles. The maximum atomic E-state index is 14.5. The number of hydrogen-bond donors (Lipinski definition) is 5. The van der Waals surface area contributed by atoms with E-state index < -0.39 is 60.3 Å². The van der Waals surface area contributed by atoms with Crippen molar-refractivity contribution in [3.8, 4) is 0 Å². The van der Waals surface area contributed by atoms with E-state index >= 15 is 0 Å². The Kier molecular flexibility index (Phi) is 7.45. The van der Waals surface area contributed by atoms with Crippen LogP contribution in [0.1, 0.15) is 12.6 Å². The molecule has 5 atom stereocenters. The Bertz CT molecular complexity index is 1090. The Balaban J connectivity index is 2.20. The lowest BCUT2D eigenvalue weighted by molar-refractivity contribution is -0.0999. The Labute approximate surface area is 170 Å². The van der Waals surface area contributed by atoms with Crippen LogP contribution in [-0.2, 0) is 31.6 Å². The van der Waals surface area contributed by atoms with Crippen LogP contribution in [0.2, 0.25) is 0 Å². The number of alkyl halides is 1. The molecule has 2 unspecified atom stereocenters. The number of hydrogen-bond acceptors (Lipinski definition) is 11. The molecule has 22 heteroatoms. The number of halogens is 1. The van der Waals surface area contributed by atoms with Gasteiger partial charge in [0.1, 0.15) is 12.0 Å². The van der Waals surface area contributed by atoms with Crippen LogP contribution in [0.3, 0.4) is 0 Å². The molecule has 2 rings (SSSR count). The normalized spacial score (nSPS) is 27.8. The number of phosphoric ester groups is 1. The first-order valence-corrected chi connectivity index (χ1v) is 12.1. The smallest absolute Gasteiger partial charge is 0.383 e. The molecule has 1 aliphatic heterocycles. The molecule has 0 radical (unpaired) electrons. The minimum atomic E-state index is -5.80. The first-order chi connectivity index (χ1) is 14.1. The summed E-state index contributed by atoms with van der Waals surface area (Å²) in [6.45, 7) is -1.26. The third-order valence-corrected chi connectivity index (χ3v) is 7.17. The van der Waals surface area contributed by atoms with Crippen molar-refractivity contribution in [2.75, 3.05) is 12.3 Å². The summed E-state index contributed by atoms with van der Waals surface area (Å²) in [6, 6.07) is 1.14. The molecule has 1 aliphatic rings. The van der Waals surface area contributed by atoms with E-state index in [1.165, 1.54) is 0 Å². The fourth-order valence-corrected chi connectivity index (χ4v) is 5.42. The maximum Gasteiger partial charge on any atom is 0.490 e. The van der Waals surface area contributed by atoms with Crippen LogP contribution >= 0.6 is 23.5 Å². The molecule has 0 aliphatic carbocycles. The van der Waals surface area contributed by atoms with Crippen LogP contribution in [-0.4, -0.2) is 47.6 Å². The van der Waals surface area contributed by atoms with E-state index in [0.29, 0.717) is 4.57 Å². The first-order valence-electron chi connectivity index (χ1n) is 7.58. The van der Waals surface area contributed by atoms with E-state index in [2.05, 4.69) is 28.2 Å². The predicted molar refractivity (Wildman–Crippen MR) is 94.2 cm³/mol. The van der Waals surface area contributed by atoms with Gasteiger partial charge in [-0.05, 0) is 11.6 Å². The van der Waals surface area contributed by atoms with Crippen LogP contribution < -0.4 is 11.4 Å². The molecule has 18 nitrogen and oxygen atoms in total. The zero-order chi connectivity index (χ0) is 23.7. The van der Waals surface area contributed by atoms with Crippen LogP contribution in [0.5, 0.6) is 0 Å². The minimum Gasteiger partial charge on any atom is -0.383 e. The lowest BCUT2D eigenvalue weighted by Crippen LogP contribution is -2.34. The third kappa shape index (κ3) is 7.15. The third-order valence-electron chi connectivity index (χ3n) is 3.39. The van der Waals surface area contributed by atoms with E-state index in [-0.39, 0.29) is 5.82 Å². The summed E-state index contributed by atoms with van der Waals surface area (Å²) >= 11 is 0. The van der Waals surface area contributed by atoms with Crippen LogP contribution in [0.4, 0.5) is 10.2 Å². The number of aromatic nitrogens is 2. The molecule has 0 spiro atoms. The number of ether oxygens (including phenoxy) is 1. The number of nitrogen functional groups attached to an aromatic ring is 1. The average Bonchev–Trinajstić information content (AvgIpc) is 2.87. The van der Waals surface area contributed by atoms with Crippen molar-refractivity contribution in [3.05, 3.63) is 33.2 Å². The molecule has 1 aromatic rings. The number of rotatable bonds is 9. The summed E-state index contributed by atoms with van der Waals surface area (Å²) in [7, 11) is -17.0. The highest BCUT2D eigenvalue weighted by Crippen LogP contribution is 2.66. The van der Waals surface area contributed by atoms with E-state index in [0.717, 1.165) is 12.3 Å². The highest BCUT2D eigenvalue weighted by molar-refractivity contribution is 7.66. The first kappa shape index (κ1) is 25.5. The number of nitrogens with two attached hydrogens (primary N) is 1. The molecule has 1 saturated heterocycles. The largest absolute Gasteiger partial charge is 0.490 e. The van der Waals surface area contributed by atoms with Gasteiger partial charge in [-0.15, -0.1) is 0 Å². The number of anilines is 1. The Morgan fingerprint density at radius 2 is 2.00 bits per heavy atom. The number of nitrogens with zero attached hydrogens (tertiary/aromatic N) is 5. The number of azide groups is 1. The zero-order valence-electron chi connectivity index (χ0n) is 14.8. The van der Waals surface area contributed by atoms with Gasteiger partial charge in [-0.1, -0.05) is 5.11 Å². The van der Waals surface area contributed by atoms with Crippen molar-refractivity contribution in [3.63, 3.8) is 0 Å². The van der Waals surface area contributed by atoms with Gasteiger partial charge < -0.3 is 30.0 Å². The highest BCUT2D eigenvalue weighted by atomic mass is 31.3. The van der Waals surface area contributed by atoms with Gasteiger partial charge in [0.2, 0.25) is 0 Å². The second-order valence-electron chi connectivity index (χ2n) is 5.77. The molecular formula is C9H14FN6O12P3. The Morgan fingerprint density at radius 1 is 1.35 bits per heavy atom. The van der Waals surface area contributed by atoms with Gasteiger partial charge in [0, 0.05) is 17.5 Å². The predicted octanol–water partition coefficient (Wildman–Crippen LogP) is 0.432. The topological polar surface area (TPSA) is 279 Å². The van der Waals surface area contributed by atoms with E-state index in [4.69, 9.17) is 30.7 Å². The van der Waals surface area contributed by atoms with Crippen LogP contribution in [0.15, 0.2) is 22.2 Å². The van der Waals surface area contributed by atoms with Crippen molar-refractivity contribution in [1.29, 1.82) is 0 Å². The van der Waals surface area contributed by atoms with Crippen LogP contribution in [0.25, 0.3) is 10.4 Å². The summed E-state index contributed by atoms with van der Waals surface area (Å²) in [4.78, 5) is 53.2. The van der Waals surface area contributed by atoms with Crippen LogP contribution in [0, 0.1) is 0 Å². The lowest BCUT2D eigenvalue weighted by atomic mass is 10.1. The summed E-state index contributed by atoms with van der Waals surface area (Å²) in [6.07, 6.45) is -3.54. The Hall–Kier alpha value is -1.71. The van der Waals surface area contributed by atoms with Gasteiger partial charge >= 0.3 is 29.2 Å². The summed E-state index contributed by atoms with van der Waals surface area (Å²) in [5.41, 5.74) is 10.7. The van der Waals surface area contributed by atoms with Crippen molar-refractivity contribution in [2.24, 2.45) is 5.11 Å². The monoisotopic (exact) mass is 510 g/mol. The fourth-order valence-electron chi connectivity index (χ4n) is 2.36. The zero-order valence-corrected chi connectivity index (χ0v) is 17.5.